The van der Waals surface area contributed by atoms with Crippen LogP contribution in [0.4, 0.5) is 21.5 Å². The van der Waals surface area contributed by atoms with Crippen LogP contribution in [0.2, 0.25) is 0 Å². The van der Waals surface area contributed by atoms with E-state index in [1.165, 1.54) is 6.07 Å². The lowest BCUT2D eigenvalue weighted by Crippen LogP contribution is -2.13. The average molecular weight is 417 g/mol. The molecule has 6 nitrogen and oxygen atoms in total. The van der Waals surface area contributed by atoms with E-state index >= 15 is 0 Å². The summed E-state index contributed by atoms with van der Waals surface area (Å²) in [7, 11) is 3.12. The molecule has 0 aliphatic heterocycles. The van der Waals surface area contributed by atoms with E-state index in [0.717, 1.165) is 11.1 Å². The highest BCUT2D eigenvalue weighted by molar-refractivity contribution is 6.04. The zero-order chi connectivity index (χ0) is 21.8. The second kappa shape index (κ2) is 8.71. The van der Waals surface area contributed by atoms with Crippen molar-refractivity contribution < 1.29 is 18.7 Å². The molecule has 1 amide bonds. The summed E-state index contributed by atoms with van der Waals surface area (Å²) in [6, 6.07) is 18.6. The van der Waals surface area contributed by atoms with E-state index in [9.17, 15) is 9.18 Å². The van der Waals surface area contributed by atoms with Crippen LogP contribution in [0.3, 0.4) is 0 Å². The Bertz CT molecular complexity index is 1250. The van der Waals surface area contributed by atoms with Crippen molar-refractivity contribution >= 4 is 33.9 Å². The lowest BCUT2D eigenvalue weighted by atomic mass is 10.1. The van der Waals surface area contributed by atoms with Gasteiger partial charge in [-0.05, 0) is 48.5 Å². The molecule has 1 aromatic heterocycles. The number of fused-ring (bicyclic) bond motifs is 1. The molecule has 0 aliphatic rings. The number of nitrogens with zero attached hydrogens (tertiary/aromatic N) is 1. The summed E-state index contributed by atoms with van der Waals surface area (Å²) in [6.45, 7) is 0. The number of hydrogen-bond donors (Lipinski definition) is 2. The molecule has 4 rings (SSSR count). The van der Waals surface area contributed by atoms with E-state index in [2.05, 4.69) is 15.6 Å². The number of halogens is 1. The molecule has 0 radical (unpaired) electrons. The van der Waals surface area contributed by atoms with Crippen LogP contribution in [0, 0.1) is 5.82 Å². The topological polar surface area (TPSA) is 72.5 Å². The van der Waals surface area contributed by atoms with Gasteiger partial charge in [0.05, 0.1) is 19.9 Å². The standard InChI is InChI=1S/C24H20FN3O3/c1-30-21-11-9-17-19(12-13-26-22(17)23(21)31-2)27-16-8-10-18(25)20(14-16)28-24(29)15-6-4-3-5-7-15/h3-14H,1-2H3,(H,26,27)(H,28,29). The van der Waals surface area contributed by atoms with Crippen molar-refractivity contribution in [3.05, 3.63) is 84.3 Å². The molecule has 0 saturated heterocycles. The highest BCUT2D eigenvalue weighted by Gasteiger charge is 2.14. The fourth-order valence-corrected chi connectivity index (χ4v) is 3.28. The molecule has 0 spiro atoms. The fraction of sp³-hybridized carbons (Fsp3) is 0.0833. The number of methoxy groups -OCH3 is 2. The molecule has 2 N–H and O–H groups in total. The smallest absolute Gasteiger partial charge is 0.255 e. The predicted octanol–water partition coefficient (Wildman–Crippen LogP) is 5.39. The maximum Gasteiger partial charge on any atom is 0.255 e. The second-order valence-electron chi connectivity index (χ2n) is 6.70. The lowest BCUT2D eigenvalue weighted by Gasteiger charge is -2.14. The van der Waals surface area contributed by atoms with Gasteiger partial charge < -0.3 is 20.1 Å². The van der Waals surface area contributed by atoms with Crippen molar-refractivity contribution in [3.63, 3.8) is 0 Å². The van der Waals surface area contributed by atoms with E-state index in [4.69, 9.17) is 9.47 Å². The van der Waals surface area contributed by atoms with Crippen molar-refractivity contribution in [2.24, 2.45) is 0 Å². The van der Waals surface area contributed by atoms with Gasteiger partial charge in [-0.3, -0.25) is 9.78 Å². The van der Waals surface area contributed by atoms with Crippen LogP contribution in [0.1, 0.15) is 10.4 Å². The van der Waals surface area contributed by atoms with Crippen LogP contribution in [-0.4, -0.2) is 25.1 Å². The summed E-state index contributed by atoms with van der Waals surface area (Å²) in [5, 5.41) is 6.69. The number of anilines is 3. The van der Waals surface area contributed by atoms with Gasteiger partial charge in [-0.2, -0.15) is 0 Å². The van der Waals surface area contributed by atoms with Gasteiger partial charge in [0.15, 0.2) is 11.5 Å². The highest BCUT2D eigenvalue weighted by Crippen LogP contribution is 2.37. The Kier molecular flexibility index (Phi) is 5.66. The van der Waals surface area contributed by atoms with Gasteiger partial charge in [-0.1, -0.05) is 18.2 Å². The van der Waals surface area contributed by atoms with Crippen LogP contribution in [0.5, 0.6) is 11.5 Å². The van der Waals surface area contributed by atoms with Crippen molar-refractivity contribution in [2.75, 3.05) is 24.9 Å². The summed E-state index contributed by atoms with van der Waals surface area (Å²) in [5.41, 5.74) is 2.51. The first-order valence-electron chi connectivity index (χ1n) is 9.53. The molecular formula is C24H20FN3O3. The Balaban J connectivity index is 1.65. The largest absolute Gasteiger partial charge is 0.493 e. The Hall–Kier alpha value is -4.13. The molecule has 31 heavy (non-hydrogen) atoms. The monoisotopic (exact) mass is 417 g/mol. The zero-order valence-corrected chi connectivity index (χ0v) is 17.0. The SMILES string of the molecule is COc1ccc2c(Nc3ccc(F)c(NC(=O)c4ccccc4)c3)ccnc2c1OC. The molecule has 0 atom stereocenters. The maximum atomic E-state index is 14.3. The highest BCUT2D eigenvalue weighted by atomic mass is 19.1. The minimum Gasteiger partial charge on any atom is -0.493 e. The summed E-state index contributed by atoms with van der Waals surface area (Å²) in [4.78, 5) is 16.8. The van der Waals surface area contributed by atoms with Crippen LogP contribution in [-0.2, 0) is 0 Å². The molecule has 0 bridgehead atoms. The van der Waals surface area contributed by atoms with E-state index in [1.807, 2.05) is 12.1 Å². The van der Waals surface area contributed by atoms with Gasteiger partial charge in [0.2, 0.25) is 0 Å². The van der Waals surface area contributed by atoms with E-state index < -0.39 is 5.82 Å². The van der Waals surface area contributed by atoms with Gasteiger partial charge >= 0.3 is 0 Å². The first kappa shape index (κ1) is 20.2. The van der Waals surface area contributed by atoms with E-state index in [-0.39, 0.29) is 11.6 Å². The third-order valence-corrected chi connectivity index (χ3v) is 4.78. The molecule has 0 saturated carbocycles. The number of amides is 1. The van der Waals surface area contributed by atoms with Crippen LogP contribution in [0.15, 0.2) is 72.9 Å². The van der Waals surface area contributed by atoms with Crippen molar-refractivity contribution in [1.29, 1.82) is 0 Å². The van der Waals surface area contributed by atoms with Gasteiger partial charge in [0, 0.05) is 28.5 Å². The molecule has 4 aromatic rings. The summed E-state index contributed by atoms with van der Waals surface area (Å²) >= 11 is 0. The first-order valence-corrected chi connectivity index (χ1v) is 9.53. The third-order valence-electron chi connectivity index (χ3n) is 4.78. The first-order chi connectivity index (χ1) is 15.1. The molecule has 0 unspecified atom stereocenters. The van der Waals surface area contributed by atoms with E-state index in [0.29, 0.717) is 28.3 Å². The second-order valence-corrected chi connectivity index (χ2v) is 6.70. The number of carbonyl (C=O) groups is 1. The maximum absolute atomic E-state index is 14.3. The number of rotatable bonds is 6. The molecular weight excluding hydrogens is 397 g/mol. The molecule has 3 aromatic carbocycles. The van der Waals surface area contributed by atoms with Crippen molar-refractivity contribution in [3.8, 4) is 11.5 Å². The average Bonchev–Trinajstić information content (AvgIpc) is 2.81. The number of nitrogens with one attached hydrogen (secondary N) is 2. The number of aromatic nitrogens is 1. The summed E-state index contributed by atoms with van der Waals surface area (Å²) in [5.74, 6) is 0.189. The molecule has 7 heteroatoms. The minimum atomic E-state index is -0.527. The van der Waals surface area contributed by atoms with Gasteiger partial charge in [-0.25, -0.2) is 4.39 Å². The van der Waals surface area contributed by atoms with Gasteiger partial charge in [0.25, 0.3) is 5.91 Å². The molecule has 0 fully saturated rings. The van der Waals surface area contributed by atoms with Crippen molar-refractivity contribution in [2.45, 2.75) is 0 Å². The number of hydrogen-bond acceptors (Lipinski definition) is 5. The number of ether oxygens (including phenoxy) is 2. The Morgan fingerprint density at radius 3 is 2.48 bits per heavy atom. The molecule has 1 heterocycles. The Labute approximate surface area is 178 Å². The minimum absolute atomic E-state index is 0.0801. The number of benzene rings is 3. The summed E-state index contributed by atoms with van der Waals surface area (Å²) in [6.07, 6.45) is 1.65. The van der Waals surface area contributed by atoms with Gasteiger partial charge in [-0.15, -0.1) is 0 Å². The van der Waals surface area contributed by atoms with Crippen LogP contribution < -0.4 is 20.1 Å². The van der Waals surface area contributed by atoms with Gasteiger partial charge in [0.1, 0.15) is 11.3 Å². The molecule has 156 valence electrons. The Morgan fingerprint density at radius 1 is 0.935 bits per heavy atom. The zero-order valence-electron chi connectivity index (χ0n) is 17.0. The number of carbonyl (C=O) groups excluding carboxylic acids is 1. The van der Waals surface area contributed by atoms with Crippen LogP contribution >= 0.6 is 0 Å². The Morgan fingerprint density at radius 2 is 1.74 bits per heavy atom. The quantitative estimate of drug-likeness (QED) is 0.440. The van der Waals surface area contributed by atoms with Crippen LogP contribution in [0.25, 0.3) is 10.9 Å². The van der Waals surface area contributed by atoms with Crippen molar-refractivity contribution in [1.82, 2.24) is 4.98 Å². The predicted molar refractivity (Wildman–Crippen MR) is 119 cm³/mol. The fourth-order valence-electron chi connectivity index (χ4n) is 3.28. The normalized spacial score (nSPS) is 10.5. The third kappa shape index (κ3) is 4.11. The lowest BCUT2D eigenvalue weighted by molar-refractivity contribution is 0.102. The molecule has 0 aliphatic carbocycles. The van der Waals surface area contributed by atoms with E-state index in [1.54, 1.807) is 68.9 Å². The summed E-state index contributed by atoms with van der Waals surface area (Å²) < 4.78 is 25.1. The number of pyridine rings is 1.